The van der Waals surface area contributed by atoms with Crippen molar-refractivity contribution in [2.45, 2.75) is 38.2 Å². The fourth-order valence-corrected chi connectivity index (χ4v) is 2.88. The fraction of sp³-hybridized carbons (Fsp3) is 0.625. The fourth-order valence-electron chi connectivity index (χ4n) is 2.72. The van der Waals surface area contributed by atoms with Gasteiger partial charge >= 0.3 is 0 Å². The van der Waals surface area contributed by atoms with E-state index < -0.39 is 0 Å². The van der Waals surface area contributed by atoms with Gasteiger partial charge in [0.2, 0.25) is 0 Å². The summed E-state index contributed by atoms with van der Waals surface area (Å²) in [5.74, 6) is -0.237. The number of aliphatic hydroxyl groups excluding tert-OH is 1. The Morgan fingerprint density at radius 2 is 1.81 bits per heavy atom. The maximum atomic E-state index is 13.5. The van der Waals surface area contributed by atoms with E-state index in [1.807, 2.05) is 4.90 Å². The van der Waals surface area contributed by atoms with Crippen LogP contribution in [0.1, 0.15) is 32.1 Å². The first-order chi connectivity index (χ1) is 10.2. The maximum Gasteiger partial charge on any atom is 0.147 e. The van der Waals surface area contributed by atoms with Gasteiger partial charge in [-0.3, -0.25) is 0 Å². The summed E-state index contributed by atoms with van der Waals surface area (Å²) in [5.41, 5.74) is 0.649. The number of nitrogens with zero attached hydrogens (tertiary/aromatic N) is 1. The Bertz CT molecular complexity index is 432. The second-order valence-corrected chi connectivity index (χ2v) is 6.06. The molecule has 1 aliphatic carbocycles. The summed E-state index contributed by atoms with van der Waals surface area (Å²) >= 11 is 5.69. The van der Waals surface area contributed by atoms with E-state index in [0.717, 1.165) is 39.0 Å². The summed E-state index contributed by atoms with van der Waals surface area (Å²) in [7, 11) is 0. The van der Waals surface area contributed by atoms with Crippen LogP contribution in [0.3, 0.4) is 0 Å². The molecule has 2 fully saturated rings. The Morgan fingerprint density at radius 1 is 1.14 bits per heavy atom. The van der Waals surface area contributed by atoms with Crippen molar-refractivity contribution in [1.82, 2.24) is 5.32 Å². The molecule has 1 saturated heterocycles. The quantitative estimate of drug-likeness (QED) is 0.835. The lowest BCUT2D eigenvalue weighted by molar-refractivity contribution is 0.130. The third kappa shape index (κ3) is 5.46. The average molecular weight is 315 g/mol. The molecule has 118 valence electrons. The van der Waals surface area contributed by atoms with Crippen molar-refractivity contribution in [3.8, 4) is 0 Å². The van der Waals surface area contributed by atoms with E-state index in [-0.39, 0.29) is 11.9 Å². The molecule has 3 rings (SSSR count). The van der Waals surface area contributed by atoms with Gasteiger partial charge in [0.15, 0.2) is 0 Å². The molecule has 5 heteroatoms. The number of rotatable bonds is 1. The minimum absolute atomic E-state index is 0.0359. The van der Waals surface area contributed by atoms with Gasteiger partial charge in [0.05, 0.1) is 11.8 Å². The Labute approximate surface area is 131 Å². The molecule has 0 bridgehead atoms. The van der Waals surface area contributed by atoms with Gasteiger partial charge in [-0.05, 0) is 31.0 Å². The van der Waals surface area contributed by atoms with Crippen LogP contribution in [0.15, 0.2) is 18.2 Å². The lowest BCUT2D eigenvalue weighted by atomic mass is 9.98. The molecule has 2 N–H and O–H groups in total. The third-order valence-corrected chi connectivity index (χ3v) is 4.18. The van der Waals surface area contributed by atoms with Crippen molar-refractivity contribution < 1.29 is 9.50 Å². The van der Waals surface area contributed by atoms with Crippen LogP contribution in [0, 0.1) is 5.82 Å². The average Bonchev–Trinajstić information content (AvgIpc) is 2.49. The van der Waals surface area contributed by atoms with Gasteiger partial charge in [-0.25, -0.2) is 4.39 Å². The smallest absolute Gasteiger partial charge is 0.147 e. The summed E-state index contributed by atoms with van der Waals surface area (Å²) < 4.78 is 13.5. The summed E-state index contributed by atoms with van der Waals surface area (Å²) in [6, 6.07) is 4.82. The molecule has 1 heterocycles. The molecule has 0 radical (unpaired) electrons. The highest BCUT2D eigenvalue weighted by atomic mass is 35.5. The van der Waals surface area contributed by atoms with Crippen LogP contribution in [0.5, 0.6) is 0 Å². The lowest BCUT2D eigenvalue weighted by Gasteiger charge is -2.29. The number of hydrogen-bond donors (Lipinski definition) is 2. The summed E-state index contributed by atoms with van der Waals surface area (Å²) in [5, 5.41) is 12.6. The van der Waals surface area contributed by atoms with Crippen molar-refractivity contribution >= 4 is 17.3 Å². The van der Waals surface area contributed by atoms with E-state index in [0.29, 0.717) is 10.7 Å². The van der Waals surface area contributed by atoms with E-state index in [9.17, 15) is 4.39 Å². The summed E-state index contributed by atoms with van der Waals surface area (Å²) in [4.78, 5) is 2.03. The van der Waals surface area contributed by atoms with Crippen molar-refractivity contribution in [3.63, 3.8) is 0 Å². The van der Waals surface area contributed by atoms with Gasteiger partial charge in [-0.1, -0.05) is 30.9 Å². The number of nitrogens with one attached hydrogen (secondary N) is 1. The van der Waals surface area contributed by atoms with Gasteiger partial charge in [0.25, 0.3) is 0 Å². The molecule has 0 unspecified atom stereocenters. The van der Waals surface area contributed by atoms with Gasteiger partial charge in [0, 0.05) is 31.2 Å². The van der Waals surface area contributed by atoms with Crippen molar-refractivity contribution in [2.24, 2.45) is 0 Å². The van der Waals surface area contributed by atoms with Crippen molar-refractivity contribution in [3.05, 3.63) is 29.0 Å². The van der Waals surface area contributed by atoms with Gasteiger partial charge in [-0.15, -0.1) is 0 Å². The van der Waals surface area contributed by atoms with E-state index in [4.69, 9.17) is 16.7 Å². The predicted octanol–water partition coefficient (Wildman–Crippen LogP) is 3.20. The van der Waals surface area contributed by atoms with Crippen molar-refractivity contribution in [1.29, 1.82) is 0 Å². The van der Waals surface area contributed by atoms with E-state index in [2.05, 4.69) is 5.32 Å². The Balaban J connectivity index is 0.000000194. The lowest BCUT2D eigenvalue weighted by Crippen LogP contribution is -2.43. The number of anilines is 1. The normalized spacial score (nSPS) is 19.9. The van der Waals surface area contributed by atoms with Gasteiger partial charge < -0.3 is 15.3 Å². The van der Waals surface area contributed by atoms with E-state index in [1.165, 1.54) is 25.3 Å². The van der Waals surface area contributed by atoms with Crippen LogP contribution in [-0.4, -0.2) is 37.4 Å². The highest BCUT2D eigenvalue weighted by Gasteiger charge is 2.14. The van der Waals surface area contributed by atoms with Crippen LogP contribution in [0.4, 0.5) is 10.1 Å². The number of hydrogen-bond acceptors (Lipinski definition) is 3. The molecular formula is C16H24ClFN2O. The molecule has 0 aromatic heterocycles. The Morgan fingerprint density at radius 3 is 2.33 bits per heavy atom. The number of piperazine rings is 1. The highest BCUT2D eigenvalue weighted by molar-refractivity contribution is 6.30. The largest absolute Gasteiger partial charge is 0.393 e. The number of aliphatic hydroxyl groups is 1. The first-order valence-electron chi connectivity index (χ1n) is 7.75. The molecular weight excluding hydrogens is 291 g/mol. The minimum Gasteiger partial charge on any atom is -0.393 e. The predicted molar refractivity (Wildman–Crippen MR) is 85.6 cm³/mol. The molecule has 21 heavy (non-hydrogen) atoms. The molecule has 1 aromatic carbocycles. The monoisotopic (exact) mass is 314 g/mol. The third-order valence-electron chi connectivity index (χ3n) is 3.94. The first kappa shape index (κ1) is 16.5. The zero-order chi connectivity index (χ0) is 15.1. The second kappa shape index (κ2) is 8.57. The molecule has 2 aliphatic rings. The summed E-state index contributed by atoms with van der Waals surface area (Å²) in [6.45, 7) is 3.50. The SMILES string of the molecule is Fc1cc(Cl)ccc1N1CCNCC1.OC1CCCCC1. The maximum absolute atomic E-state index is 13.5. The standard InChI is InChI=1S/C10H12ClFN2.C6H12O/c11-8-1-2-10(9(12)7-8)14-5-3-13-4-6-14;7-6-4-2-1-3-5-6/h1-2,7,13H,3-6H2;6-7H,1-5H2. The molecule has 1 aliphatic heterocycles. The molecule has 1 aromatic rings. The number of halogens is 2. The van der Waals surface area contributed by atoms with E-state index in [1.54, 1.807) is 12.1 Å². The zero-order valence-corrected chi connectivity index (χ0v) is 13.1. The topological polar surface area (TPSA) is 35.5 Å². The highest BCUT2D eigenvalue weighted by Crippen LogP contribution is 2.22. The van der Waals surface area contributed by atoms with Crippen LogP contribution >= 0.6 is 11.6 Å². The van der Waals surface area contributed by atoms with Crippen LogP contribution in [0.2, 0.25) is 5.02 Å². The zero-order valence-electron chi connectivity index (χ0n) is 12.3. The van der Waals surface area contributed by atoms with Crippen molar-refractivity contribution in [2.75, 3.05) is 31.1 Å². The molecule has 3 nitrogen and oxygen atoms in total. The molecule has 1 saturated carbocycles. The Kier molecular flexibility index (Phi) is 6.74. The Hall–Kier alpha value is -0.840. The van der Waals surface area contributed by atoms with E-state index >= 15 is 0 Å². The van der Waals surface area contributed by atoms with Gasteiger partial charge in [-0.2, -0.15) is 0 Å². The van der Waals surface area contributed by atoms with Crippen LogP contribution in [0.25, 0.3) is 0 Å². The van der Waals surface area contributed by atoms with Crippen LogP contribution in [-0.2, 0) is 0 Å². The second-order valence-electron chi connectivity index (χ2n) is 5.62. The molecule has 0 spiro atoms. The molecule has 0 amide bonds. The molecule has 0 atom stereocenters. The first-order valence-corrected chi connectivity index (χ1v) is 8.13. The number of benzene rings is 1. The van der Waals surface area contributed by atoms with Gasteiger partial charge in [0.1, 0.15) is 5.82 Å². The van der Waals surface area contributed by atoms with Crippen LogP contribution < -0.4 is 10.2 Å². The summed E-state index contributed by atoms with van der Waals surface area (Å²) in [6.07, 6.45) is 5.92. The minimum atomic E-state index is -0.237.